The van der Waals surface area contributed by atoms with E-state index in [0.717, 1.165) is 24.4 Å². The maximum Gasteiger partial charge on any atom is 0.303 e. The number of thiophene rings is 1. The number of rotatable bonds is 7. The average molecular weight is 303 g/mol. The van der Waals surface area contributed by atoms with Crippen molar-refractivity contribution in [2.45, 2.75) is 26.0 Å². The van der Waals surface area contributed by atoms with Gasteiger partial charge in [-0.25, -0.2) is 0 Å². The number of ether oxygens (including phenoxy) is 1. The zero-order chi connectivity index (χ0) is 15.1. The summed E-state index contributed by atoms with van der Waals surface area (Å²) >= 11 is 1.63. The van der Waals surface area contributed by atoms with Gasteiger partial charge in [-0.3, -0.25) is 4.79 Å². The molecule has 0 aliphatic rings. The van der Waals surface area contributed by atoms with Crippen LogP contribution in [0.1, 0.15) is 29.9 Å². The van der Waals surface area contributed by atoms with E-state index in [-0.39, 0.29) is 12.1 Å². The molecule has 1 heterocycles. The van der Waals surface area contributed by atoms with Crippen molar-refractivity contribution in [1.82, 2.24) is 4.90 Å². The van der Waals surface area contributed by atoms with Crippen LogP contribution in [-0.2, 0) is 16.1 Å². The molecule has 112 valence electrons. The molecule has 0 saturated carbocycles. The molecule has 0 unspecified atom stereocenters. The van der Waals surface area contributed by atoms with Crippen molar-refractivity contribution in [3.8, 4) is 0 Å². The fraction of sp³-hybridized carbons (Fsp3) is 0.353. The lowest BCUT2D eigenvalue weighted by atomic mass is 10.2. The molecule has 2 rings (SSSR count). The topological polar surface area (TPSA) is 29.5 Å². The summed E-state index contributed by atoms with van der Waals surface area (Å²) in [5.41, 5.74) is 1.29. The number of carbonyl (C=O) groups excluding carboxylic acids is 1. The van der Waals surface area contributed by atoms with E-state index in [1.807, 2.05) is 23.6 Å². The third kappa shape index (κ3) is 5.33. The van der Waals surface area contributed by atoms with Gasteiger partial charge in [0.15, 0.2) is 0 Å². The normalized spacial score (nSPS) is 12.3. The van der Waals surface area contributed by atoms with Crippen LogP contribution in [0.25, 0.3) is 0 Å². The third-order valence-corrected chi connectivity index (χ3v) is 4.20. The Labute approximate surface area is 130 Å². The molecule has 0 aliphatic heterocycles. The van der Waals surface area contributed by atoms with Crippen molar-refractivity contribution in [2.75, 3.05) is 13.6 Å². The highest BCUT2D eigenvalue weighted by molar-refractivity contribution is 7.10. The number of esters is 1. The predicted octanol–water partition coefficient (Wildman–Crippen LogP) is 3.87. The first-order valence-corrected chi connectivity index (χ1v) is 7.96. The number of carbonyl (C=O) groups is 1. The van der Waals surface area contributed by atoms with Crippen molar-refractivity contribution in [1.29, 1.82) is 0 Å². The second kappa shape index (κ2) is 7.96. The van der Waals surface area contributed by atoms with Crippen LogP contribution in [0.15, 0.2) is 47.8 Å². The van der Waals surface area contributed by atoms with Crippen LogP contribution in [0.3, 0.4) is 0 Å². The van der Waals surface area contributed by atoms with E-state index in [4.69, 9.17) is 4.74 Å². The van der Waals surface area contributed by atoms with Crippen molar-refractivity contribution in [3.63, 3.8) is 0 Å². The maximum atomic E-state index is 11.3. The van der Waals surface area contributed by atoms with Gasteiger partial charge in [0, 0.05) is 31.3 Å². The fourth-order valence-electron chi connectivity index (χ4n) is 2.25. The maximum absolute atomic E-state index is 11.3. The molecule has 1 aromatic heterocycles. The van der Waals surface area contributed by atoms with Gasteiger partial charge in [0.2, 0.25) is 0 Å². The molecular formula is C17H21NO2S. The van der Waals surface area contributed by atoms with E-state index < -0.39 is 0 Å². The Morgan fingerprint density at radius 2 is 2.00 bits per heavy atom. The summed E-state index contributed by atoms with van der Waals surface area (Å²) in [6, 6.07) is 14.4. The van der Waals surface area contributed by atoms with Gasteiger partial charge in [-0.15, -0.1) is 11.3 Å². The summed E-state index contributed by atoms with van der Waals surface area (Å²) in [6.45, 7) is 3.25. The summed E-state index contributed by atoms with van der Waals surface area (Å²) in [5, 5.41) is 2.01. The lowest BCUT2D eigenvalue weighted by molar-refractivity contribution is -0.147. The Bertz CT molecular complexity index is 539. The van der Waals surface area contributed by atoms with E-state index >= 15 is 0 Å². The van der Waals surface area contributed by atoms with E-state index in [2.05, 4.69) is 36.2 Å². The van der Waals surface area contributed by atoms with Gasteiger partial charge in [0.05, 0.1) is 0 Å². The first-order valence-electron chi connectivity index (χ1n) is 7.08. The summed E-state index contributed by atoms with van der Waals surface area (Å²) < 4.78 is 5.44. The van der Waals surface area contributed by atoms with Crippen molar-refractivity contribution < 1.29 is 9.53 Å². The van der Waals surface area contributed by atoms with Crippen LogP contribution < -0.4 is 0 Å². The minimum Gasteiger partial charge on any atom is -0.457 e. The molecular weight excluding hydrogens is 282 g/mol. The van der Waals surface area contributed by atoms with Gasteiger partial charge in [0.25, 0.3) is 0 Å². The zero-order valence-corrected chi connectivity index (χ0v) is 13.3. The largest absolute Gasteiger partial charge is 0.457 e. The molecule has 1 atom stereocenters. The molecule has 0 aliphatic carbocycles. The lowest BCUT2D eigenvalue weighted by Gasteiger charge is -2.21. The van der Waals surface area contributed by atoms with Crippen LogP contribution in [0.5, 0.6) is 0 Å². The first kappa shape index (κ1) is 15.7. The van der Waals surface area contributed by atoms with Gasteiger partial charge in [-0.1, -0.05) is 36.4 Å². The molecule has 0 saturated heterocycles. The van der Waals surface area contributed by atoms with Gasteiger partial charge in [-0.05, 0) is 24.1 Å². The molecule has 2 aromatic rings. The Morgan fingerprint density at radius 3 is 2.62 bits per heavy atom. The average Bonchev–Trinajstić information content (AvgIpc) is 2.98. The van der Waals surface area contributed by atoms with Crippen LogP contribution >= 0.6 is 11.3 Å². The SMILES string of the molecule is CC(=O)O[C@H](CCN(C)Cc1ccccc1)c1cccs1. The van der Waals surface area contributed by atoms with E-state index in [1.54, 1.807) is 11.3 Å². The van der Waals surface area contributed by atoms with Crippen LogP contribution in [-0.4, -0.2) is 24.5 Å². The zero-order valence-electron chi connectivity index (χ0n) is 12.5. The molecule has 0 N–H and O–H groups in total. The first-order chi connectivity index (χ1) is 10.1. The Balaban J connectivity index is 1.87. The Morgan fingerprint density at radius 1 is 1.24 bits per heavy atom. The van der Waals surface area contributed by atoms with Gasteiger partial charge < -0.3 is 9.64 Å². The van der Waals surface area contributed by atoms with Crippen LogP contribution in [0.2, 0.25) is 0 Å². The van der Waals surface area contributed by atoms with Gasteiger partial charge >= 0.3 is 5.97 Å². The minimum atomic E-state index is -0.223. The van der Waals surface area contributed by atoms with Gasteiger partial charge in [-0.2, -0.15) is 0 Å². The highest BCUT2D eigenvalue weighted by atomic mass is 32.1. The second-order valence-corrected chi connectivity index (χ2v) is 6.10. The Kier molecular flexibility index (Phi) is 5.96. The summed E-state index contributed by atoms with van der Waals surface area (Å²) in [7, 11) is 2.09. The molecule has 1 aromatic carbocycles. The number of hydrogen-bond donors (Lipinski definition) is 0. The number of nitrogens with zero attached hydrogens (tertiary/aromatic N) is 1. The predicted molar refractivity (Wildman–Crippen MR) is 86.2 cm³/mol. The summed E-state index contributed by atoms with van der Waals surface area (Å²) in [5.74, 6) is -0.223. The smallest absolute Gasteiger partial charge is 0.303 e. The highest BCUT2D eigenvalue weighted by Crippen LogP contribution is 2.26. The minimum absolute atomic E-state index is 0.138. The van der Waals surface area contributed by atoms with Crippen molar-refractivity contribution >= 4 is 17.3 Å². The molecule has 0 fully saturated rings. The molecule has 0 radical (unpaired) electrons. The highest BCUT2D eigenvalue weighted by Gasteiger charge is 2.16. The van der Waals surface area contributed by atoms with E-state index in [0.29, 0.717) is 0 Å². The van der Waals surface area contributed by atoms with E-state index in [9.17, 15) is 4.79 Å². The quantitative estimate of drug-likeness (QED) is 0.727. The fourth-order valence-corrected chi connectivity index (χ4v) is 3.04. The number of benzene rings is 1. The molecule has 0 amide bonds. The van der Waals surface area contributed by atoms with Crippen molar-refractivity contribution in [3.05, 3.63) is 58.3 Å². The summed E-state index contributed by atoms with van der Waals surface area (Å²) in [4.78, 5) is 14.6. The Hall–Kier alpha value is -1.65. The van der Waals surface area contributed by atoms with E-state index in [1.165, 1.54) is 12.5 Å². The second-order valence-electron chi connectivity index (χ2n) is 5.13. The monoisotopic (exact) mass is 303 g/mol. The van der Waals surface area contributed by atoms with Crippen molar-refractivity contribution in [2.24, 2.45) is 0 Å². The molecule has 0 bridgehead atoms. The molecule has 4 heteroatoms. The lowest BCUT2D eigenvalue weighted by Crippen LogP contribution is -2.22. The van der Waals surface area contributed by atoms with Gasteiger partial charge in [0.1, 0.15) is 6.10 Å². The number of hydrogen-bond acceptors (Lipinski definition) is 4. The standard InChI is InChI=1S/C17H21NO2S/c1-14(19)20-16(17-9-6-12-21-17)10-11-18(2)13-15-7-4-3-5-8-15/h3-9,12,16H,10-11,13H2,1-2H3/t16-/m1/s1. The molecule has 0 spiro atoms. The van der Waals surface area contributed by atoms with Crippen LogP contribution in [0.4, 0.5) is 0 Å². The molecule has 3 nitrogen and oxygen atoms in total. The summed E-state index contributed by atoms with van der Waals surface area (Å²) in [6.07, 6.45) is 0.671. The third-order valence-electron chi connectivity index (χ3n) is 3.24. The van der Waals surface area contributed by atoms with Crippen LogP contribution in [0, 0.1) is 0 Å². The molecule has 21 heavy (non-hydrogen) atoms.